The summed E-state index contributed by atoms with van der Waals surface area (Å²) >= 11 is 0. The van der Waals surface area contributed by atoms with Crippen molar-refractivity contribution in [1.82, 2.24) is 4.72 Å². The molecular formula is C17H25N3O4S. The fourth-order valence-electron chi connectivity index (χ4n) is 3.71. The normalized spacial score (nSPS) is 24.4. The van der Waals surface area contributed by atoms with Crippen LogP contribution in [0.25, 0.3) is 0 Å². The number of nitrogens with one attached hydrogen (secondary N) is 1. The molecule has 0 aromatic heterocycles. The molecule has 138 valence electrons. The van der Waals surface area contributed by atoms with Crippen LogP contribution in [0, 0.1) is 16.0 Å². The van der Waals surface area contributed by atoms with Crippen molar-refractivity contribution in [3.63, 3.8) is 0 Å². The molecule has 1 aromatic carbocycles. The second kappa shape index (κ2) is 7.29. The maximum atomic E-state index is 12.6. The van der Waals surface area contributed by atoms with E-state index in [2.05, 4.69) is 11.6 Å². The van der Waals surface area contributed by atoms with Crippen molar-refractivity contribution in [3.8, 4) is 0 Å². The van der Waals surface area contributed by atoms with Crippen molar-refractivity contribution in [3.05, 3.63) is 28.3 Å². The molecule has 1 saturated heterocycles. The minimum Gasteiger partial charge on any atom is -0.366 e. The van der Waals surface area contributed by atoms with Gasteiger partial charge in [-0.25, -0.2) is 13.1 Å². The van der Waals surface area contributed by atoms with E-state index in [1.54, 1.807) is 6.07 Å². The van der Waals surface area contributed by atoms with Gasteiger partial charge in [-0.1, -0.05) is 6.92 Å². The zero-order chi connectivity index (χ0) is 18.0. The molecule has 7 nitrogen and oxygen atoms in total. The Kier molecular flexibility index (Phi) is 5.29. The lowest BCUT2D eigenvalue weighted by Gasteiger charge is -2.26. The number of nitrogens with zero attached hydrogens (tertiary/aromatic N) is 2. The highest BCUT2D eigenvalue weighted by Crippen LogP contribution is 2.33. The third-order valence-corrected chi connectivity index (χ3v) is 6.76. The highest BCUT2D eigenvalue weighted by molar-refractivity contribution is 7.89. The van der Waals surface area contributed by atoms with Gasteiger partial charge in [0.1, 0.15) is 5.69 Å². The average molecular weight is 367 g/mol. The Morgan fingerprint density at radius 1 is 1.16 bits per heavy atom. The van der Waals surface area contributed by atoms with Gasteiger partial charge < -0.3 is 4.90 Å². The van der Waals surface area contributed by atoms with Crippen molar-refractivity contribution >= 4 is 21.4 Å². The number of benzene rings is 1. The third-order valence-electron chi connectivity index (χ3n) is 5.24. The highest BCUT2D eigenvalue weighted by atomic mass is 32.2. The standard InChI is InChI=1S/C17H25N3O4S/c1-13-4-6-14(7-5-13)18-25(23,24)15-8-9-16(17(12-15)20(21)22)19-10-2-3-11-19/h8-9,12-14,18H,2-7,10-11H2,1H3. The van der Waals surface area contributed by atoms with Gasteiger partial charge in [-0.15, -0.1) is 0 Å². The summed E-state index contributed by atoms with van der Waals surface area (Å²) in [4.78, 5) is 12.9. The average Bonchev–Trinajstić information content (AvgIpc) is 3.10. The summed E-state index contributed by atoms with van der Waals surface area (Å²) < 4.78 is 28.0. The van der Waals surface area contributed by atoms with E-state index in [-0.39, 0.29) is 16.6 Å². The lowest BCUT2D eigenvalue weighted by molar-refractivity contribution is -0.384. The van der Waals surface area contributed by atoms with Crippen LogP contribution in [0.2, 0.25) is 0 Å². The molecule has 2 aliphatic rings. The summed E-state index contributed by atoms with van der Waals surface area (Å²) in [6.07, 6.45) is 5.63. The van der Waals surface area contributed by atoms with Crippen LogP contribution in [0.1, 0.15) is 45.4 Å². The molecule has 1 saturated carbocycles. The molecule has 2 fully saturated rings. The summed E-state index contributed by atoms with van der Waals surface area (Å²) in [5.74, 6) is 0.626. The number of sulfonamides is 1. The van der Waals surface area contributed by atoms with Gasteiger partial charge in [0.2, 0.25) is 10.0 Å². The van der Waals surface area contributed by atoms with Crippen LogP contribution in [-0.4, -0.2) is 32.5 Å². The second-order valence-electron chi connectivity index (χ2n) is 7.18. The zero-order valence-electron chi connectivity index (χ0n) is 14.5. The van der Waals surface area contributed by atoms with E-state index in [0.29, 0.717) is 11.6 Å². The van der Waals surface area contributed by atoms with E-state index in [0.717, 1.165) is 51.6 Å². The molecule has 8 heteroatoms. The van der Waals surface area contributed by atoms with Gasteiger partial charge in [-0.2, -0.15) is 0 Å². The van der Waals surface area contributed by atoms with Gasteiger partial charge in [0.05, 0.1) is 9.82 Å². The monoisotopic (exact) mass is 367 g/mol. The van der Waals surface area contributed by atoms with Crippen molar-refractivity contribution in [2.45, 2.75) is 56.4 Å². The lowest BCUT2D eigenvalue weighted by Crippen LogP contribution is -2.37. The van der Waals surface area contributed by atoms with Gasteiger partial charge in [0.15, 0.2) is 0 Å². The van der Waals surface area contributed by atoms with Crippen LogP contribution in [0.15, 0.2) is 23.1 Å². The molecule has 1 N–H and O–H groups in total. The van der Waals surface area contributed by atoms with Gasteiger partial charge in [-0.05, 0) is 56.6 Å². The fourth-order valence-corrected chi connectivity index (χ4v) is 5.03. The van der Waals surface area contributed by atoms with Crippen molar-refractivity contribution in [2.24, 2.45) is 5.92 Å². The Bertz CT molecular complexity index is 736. The SMILES string of the molecule is CC1CCC(NS(=O)(=O)c2ccc(N3CCCC3)c([N+](=O)[O-])c2)CC1. The Hall–Kier alpha value is -1.67. The van der Waals surface area contributed by atoms with Crippen LogP contribution in [0.3, 0.4) is 0 Å². The highest BCUT2D eigenvalue weighted by Gasteiger charge is 2.28. The van der Waals surface area contributed by atoms with E-state index in [1.165, 1.54) is 12.1 Å². The number of nitro benzene ring substituents is 1. The van der Waals surface area contributed by atoms with Crippen molar-refractivity contribution < 1.29 is 13.3 Å². The third kappa shape index (κ3) is 4.12. The molecule has 1 aliphatic carbocycles. The van der Waals surface area contributed by atoms with Crippen LogP contribution < -0.4 is 9.62 Å². The minimum absolute atomic E-state index is 0.0271. The Morgan fingerprint density at radius 3 is 2.40 bits per heavy atom. The topological polar surface area (TPSA) is 92.6 Å². The molecule has 0 radical (unpaired) electrons. The zero-order valence-corrected chi connectivity index (χ0v) is 15.3. The Labute approximate surface area is 148 Å². The Balaban J connectivity index is 1.83. The van der Waals surface area contributed by atoms with Crippen molar-refractivity contribution in [2.75, 3.05) is 18.0 Å². The van der Waals surface area contributed by atoms with Crippen molar-refractivity contribution in [1.29, 1.82) is 0 Å². The van der Waals surface area contributed by atoms with E-state index in [1.807, 2.05) is 4.90 Å². The molecule has 25 heavy (non-hydrogen) atoms. The van der Waals surface area contributed by atoms with Gasteiger partial charge >= 0.3 is 0 Å². The van der Waals surface area contributed by atoms with Gasteiger partial charge in [-0.3, -0.25) is 10.1 Å². The van der Waals surface area contributed by atoms with E-state index >= 15 is 0 Å². The van der Waals surface area contributed by atoms with E-state index in [9.17, 15) is 18.5 Å². The number of anilines is 1. The molecule has 0 spiro atoms. The minimum atomic E-state index is -3.75. The Morgan fingerprint density at radius 2 is 1.80 bits per heavy atom. The lowest BCUT2D eigenvalue weighted by atomic mass is 9.88. The molecule has 0 unspecified atom stereocenters. The number of hydrogen-bond acceptors (Lipinski definition) is 5. The summed E-state index contributed by atoms with van der Waals surface area (Å²) in [6.45, 7) is 3.71. The molecule has 1 aliphatic heterocycles. The van der Waals surface area contributed by atoms with Crippen LogP contribution in [0.5, 0.6) is 0 Å². The predicted molar refractivity (Wildman–Crippen MR) is 96.3 cm³/mol. The summed E-state index contributed by atoms with van der Waals surface area (Å²) in [7, 11) is -3.75. The molecule has 1 heterocycles. The largest absolute Gasteiger partial charge is 0.366 e. The number of hydrogen-bond donors (Lipinski definition) is 1. The number of rotatable bonds is 5. The van der Waals surface area contributed by atoms with E-state index < -0.39 is 14.9 Å². The number of nitro groups is 1. The fraction of sp³-hybridized carbons (Fsp3) is 0.647. The first kappa shape index (κ1) is 18.1. The smallest absolute Gasteiger partial charge is 0.293 e. The molecular weight excluding hydrogens is 342 g/mol. The summed E-state index contributed by atoms with van der Waals surface area (Å²) in [5.41, 5.74) is 0.370. The summed E-state index contributed by atoms with van der Waals surface area (Å²) in [5, 5.41) is 11.4. The molecule has 0 atom stereocenters. The van der Waals surface area contributed by atoms with Gasteiger partial charge in [0.25, 0.3) is 5.69 Å². The van der Waals surface area contributed by atoms with Crippen LogP contribution in [0.4, 0.5) is 11.4 Å². The molecule has 3 rings (SSSR count). The quantitative estimate of drug-likeness (QED) is 0.638. The first-order valence-electron chi connectivity index (χ1n) is 8.92. The second-order valence-corrected chi connectivity index (χ2v) is 8.89. The first-order chi connectivity index (χ1) is 11.9. The molecule has 1 aromatic rings. The van der Waals surface area contributed by atoms with E-state index in [4.69, 9.17) is 0 Å². The van der Waals surface area contributed by atoms with Gasteiger partial charge in [0, 0.05) is 25.2 Å². The molecule has 0 bridgehead atoms. The maximum Gasteiger partial charge on any atom is 0.293 e. The predicted octanol–water partition coefficient (Wildman–Crippen LogP) is 3.05. The maximum absolute atomic E-state index is 12.6. The van der Waals surface area contributed by atoms with Crippen LogP contribution >= 0.6 is 0 Å². The van der Waals surface area contributed by atoms with Crippen LogP contribution in [-0.2, 0) is 10.0 Å². The first-order valence-corrected chi connectivity index (χ1v) is 10.4. The summed E-state index contributed by atoms with van der Waals surface area (Å²) in [6, 6.07) is 4.16. The molecule has 0 amide bonds.